The zero-order valence-corrected chi connectivity index (χ0v) is 11.7. The Hall–Kier alpha value is -2.31. The molecule has 21 heavy (non-hydrogen) atoms. The van der Waals surface area contributed by atoms with Crippen molar-refractivity contribution >= 4 is 23.6 Å². The van der Waals surface area contributed by atoms with Gasteiger partial charge in [0.15, 0.2) is 0 Å². The normalized spacial score (nSPS) is 20.6. The summed E-state index contributed by atoms with van der Waals surface area (Å²) in [5, 5.41) is 2.39. The minimum Gasteiger partial charge on any atom is -0.398 e. The zero-order chi connectivity index (χ0) is 15.6. The molecule has 1 saturated carbocycles. The van der Waals surface area contributed by atoms with E-state index in [2.05, 4.69) is 15.3 Å². The molecule has 0 saturated heterocycles. The van der Waals surface area contributed by atoms with E-state index in [0.717, 1.165) is 5.56 Å². The number of rotatable bonds is 4. The predicted molar refractivity (Wildman–Crippen MR) is 77.2 cm³/mol. The number of hydrogen-bond acceptors (Lipinski definition) is 4. The third-order valence-electron chi connectivity index (χ3n) is 3.21. The molecule has 1 aliphatic carbocycles. The Balaban J connectivity index is 2.17. The van der Waals surface area contributed by atoms with Crippen LogP contribution in [0.2, 0.25) is 0 Å². The summed E-state index contributed by atoms with van der Waals surface area (Å²) in [6.07, 6.45) is 4.27. The Morgan fingerprint density at radius 1 is 1.62 bits per heavy atom. The van der Waals surface area contributed by atoms with Crippen LogP contribution in [0.1, 0.15) is 17.5 Å². The molecule has 3 N–H and O–H groups in total. The molecule has 0 radical (unpaired) electrons. The summed E-state index contributed by atoms with van der Waals surface area (Å²) in [5.41, 5.74) is 7.84. The number of aryl methyl sites for hydroxylation is 1. The Morgan fingerprint density at radius 3 is 2.86 bits per heavy atom. The molecule has 1 heterocycles. The van der Waals surface area contributed by atoms with Crippen molar-refractivity contribution in [2.24, 2.45) is 16.6 Å². The van der Waals surface area contributed by atoms with Crippen molar-refractivity contribution in [3.8, 4) is 0 Å². The molecule has 1 fully saturated rings. The standard InChI is InChI=1S/C14H16F2N4O/c1-8-7-19-12(5-9(8)11(17)3-4-18-2)20-13(21)10-6-14(10,15)16/h3-5,7,10H,6,17H2,1-2H3,(H,19,20,21)/b11-3-,18-4?. The molecule has 2 rings (SSSR count). The van der Waals surface area contributed by atoms with Gasteiger partial charge < -0.3 is 11.1 Å². The van der Waals surface area contributed by atoms with Gasteiger partial charge in [-0.1, -0.05) is 0 Å². The summed E-state index contributed by atoms with van der Waals surface area (Å²) in [6.45, 7) is 1.81. The lowest BCUT2D eigenvalue weighted by Crippen LogP contribution is -2.18. The molecule has 1 unspecified atom stereocenters. The summed E-state index contributed by atoms with van der Waals surface area (Å²) in [7, 11) is 1.62. The van der Waals surface area contributed by atoms with Crippen molar-refractivity contribution in [1.29, 1.82) is 0 Å². The molecule has 1 atom stereocenters. The lowest BCUT2D eigenvalue weighted by Gasteiger charge is -2.09. The number of halogens is 2. The molecule has 5 nitrogen and oxygen atoms in total. The SMILES string of the molecule is CN=C/C=C(\N)c1cc(NC(=O)C2CC2(F)F)ncc1C. The first-order valence-corrected chi connectivity index (χ1v) is 6.39. The van der Waals surface area contributed by atoms with Gasteiger partial charge >= 0.3 is 0 Å². The molecule has 112 valence electrons. The van der Waals surface area contributed by atoms with Crippen LogP contribution < -0.4 is 11.1 Å². The minimum atomic E-state index is -2.89. The van der Waals surface area contributed by atoms with Crippen LogP contribution in [0.15, 0.2) is 23.3 Å². The van der Waals surface area contributed by atoms with E-state index in [1.165, 1.54) is 12.4 Å². The topological polar surface area (TPSA) is 80.4 Å². The van der Waals surface area contributed by atoms with Crippen LogP contribution in [-0.4, -0.2) is 30.1 Å². The van der Waals surface area contributed by atoms with E-state index in [-0.39, 0.29) is 5.82 Å². The quantitative estimate of drug-likeness (QED) is 0.833. The van der Waals surface area contributed by atoms with Crippen molar-refractivity contribution in [2.45, 2.75) is 19.3 Å². The molecule has 0 aliphatic heterocycles. The number of amides is 1. The van der Waals surface area contributed by atoms with Gasteiger partial charge in [-0.25, -0.2) is 13.8 Å². The van der Waals surface area contributed by atoms with E-state index < -0.39 is 24.2 Å². The van der Waals surface area contributed by atoms with Gasteiger partial charge in [0.05, 0.1) is 0 Å². The fraction of sp³-hybridized carbons (Fsp3) is 0.357. The van der Waals surface area contributed by atoms with Crippen LogP contribution in [0.4, 0.5) is 14.6 Å². The maximum Gasteiger partial charge on any atom is 0.260 e. The molecule has 0 aromatic carbocycles. The highest BCUT2D eigenvalue weighted by Crippen LogP contribution is 2.49. The van der Waals surface area contributed by atoms with Gasteiger partial charge in [0.1, 0.15) is 11.7 Å². The van der Waals surface area contributed by atoms with E-state index in [1.54, 1.807) is 19.2 Å². The highest BCUT2D eigenvalue weighted by atomic mass is 19.3. The second-order valence-electron chi connectivity index (χ2n) is 4.92. The monoisotopic (exact) mass is 294 g/mol. The van der Waals surface area contributed by atoms with E-state index >= 15 is 0 Å². The zero-order valence-electron chi connectivity index (χ0n) is 11.7. The Bertz CT molecular complexity index is 625. The summed E-state index contributed by atoms with van der Waals surface area (Å²) < 4.78 is 25.7. The molecule has 1 amide bonds. The fourth-order valence-electron chi connectivity index (χ4n) is 1.86. The average Bonchev–Trinajstić information content (AvgIpc) is 3.07. The average molecular weight is 294 g/mol. The van der Waals surface area contributed by atoms with Crippen LogP contribution in [0.25, 0.3) is 5.70 Å². The number of aliphatic imine (C=N–C) groups is 1. The van der Waals surface area contributed by atoms with E-state index in [4.69, 9.17) is 5.73 Å². The number of alkyl halides is 2. The first-order chi connectivity index (χ1) is 9.85. The van der Waals surface area contributed by atoms with E-state index in [1.807, 2.05) is 6.92 Å². The first-order valence-electron chi connectivity index (χ1n) is 6.39. The molecule has 0 bridgehead atoms. The number of hydrogen-bond donors (Lipinski definition) is 2. The molecule has 1 aliphatic rings. The predicted octanol–water partition coefficient (Wildman–Crippen LogP) is 1.98. The molecular weight excluding hydrogens is 278 g/mol. The van der Waals surface area contributed by atoms with Crippen LogP contribution in [0, 0.1) is 12.8 Å². The van der Waals surface area contributed by atoms with Gasteiger partial charge in [-0.3, -0.25) is 9.79 Å². The highest BCUT2D eigenvalue weighted by molar-refractivity contribution is 5.95. The van der Waals surface area contributed by atoms with Gasteiger partial charge in [0.2, 0.25) is 5.91 Å². The van der Waals surface area contributed by atoms with Crippen molar-refractivity contribution in [3.05, 3.63) is 29.5 Å². The van der Waals surface area contributed by atoms with Crippen molar-refractivity contribution in [1.82, 2.24) is 4.98 Å². The lowest BCUT2D eigenvalue weighted by molar-refractivity contribution is -0.119. The molecule has 1 aromatic heterocycles. The number of aromatic nitrogens is 1. The van der Waals surface area contributed by atoms with Gasteiger partial charge in [0.25, 0.3) is 5.92 Å². The van der Waals surface area contributed by atoms with Gasteiger partial charge in [-0.05, 0) is 24.6 Å². The Labute approximate surface area is 121 Å². The maximum absolute atomic E-state index is 12.8. The second-order valence-corrected chi connectivity index (χ2v) is 4.92. The van der Waals surface area contributed by atoms with Crippen LogP contribution in [0.5, 0.6) is 0 Å². The first kappa shape index (κ1) is 15.1. The number of nitrogens with two attached hydrogens (primary N) is 1. The Kier molecular flexibility index (Phi) is 4.02. The summed E-state index contributed by atoms with van der Waals surface area (Å²) >= 11 is 0. The van der Waals surface area contributed by atoms with Gasteiger partial charge in [-0.15, -0.1) is 0 Å². The fourth-order valence-corrected chi connectivity index (χ4v) is 1.86. The third-order valence-corrected chi connectivity index (χ3v) is 3.21. The largest absolute Gasteiger partial charge is 0.398 e. The highest BCUT2D eigenvalue weighted by Gasteiger charge is 2.61. The smallest absolute Gasteiger partial charge is 0.260 e. The summed E-state index contributed by atoms with van der Waals surface area (Å²) in [6, 6.07) is 1.56. The van der Waals surface area contributed by atoms with Crippen molar-refractivity contribution in [3.63, 3.8) is 0 Å². The number of carbonyl (C=O) groups excluding carboxylic acids is 1. The second kappa shape index (κ2) is 5.59. The van der Waals surface area contributed by atoms with E-state index in [0.29, 0.717) is 11.3 Å². The maximum atomic E-state index is 12.8. The number of nitrogens with one attached hydrogen (secondary N) is 1. The van der Waals surface area contributed by atoms with Gasteiger partial charge in [0, 0.05) is 37.1 Å². The van der Waals surface area contributed by atoms with Gasteiger partial charge in [-0.2, -0.15) is 0 Å². The van der Waals surface area contributed by atoms with Crippen LogP contribution >= 0.6 is 0 Å². The number of pyridine rings is 1. The molecule has 0 spiro atoms. The lowest BCUT2D eigenvalue weighted by atomic mass is 10.1. The summed E-state index contributed by atoms with van der Waals surface area (Å²) in [5.74, 6) is -4.68. The molecule has 7 heteroatoms. The van der Waals surface area contributed by atoms with Crippen LogP contribution in [0.3, 0.4) is 0 Å². The summed E-state index contributed by atoms with van der Waals surface area (Å²) in [4.78, 5) is 19.4. The van der Waals surface area contributed by atoms with Crippen LogP contribution in [-0.2, 0) is 4.79 Å². The molecular formula is C14H16F2N4O. The number of anilines is 1. The number of carbonyl (C=O) groups is 1. The number of nitrogens with zero attached hydrogens (tertiary/aromatic N) is 2. The number of allylic oxidation sites excluding steroid dienone is 1. The van der Waals surface area contributed by atoms with E-state index in [9.17, 15) is 13.6 Å². The van der Waals surface area contributed by atoms with Crippen molar-refractivity contribution in [2.75, 3.05) is 12.4 Å². The molecule has 1 aromatic rings. The minimum absolute atomic E-state index is 0.202. The third kappa shape index (κ3) is 3.42. The van der Waals surface area contributed by atoms with Crippen molar-refractivity contribution < 1.29 is 13.6 Å². The Morgan fingerprint density at radius 2 is 2.29 bits per heavy atom.